The number of carbonyl (C=O) groups is 1. The highest BCUT2D eigenvalue weighted by molar-refractivity contribution is 5.82. The summed E-state index contributed by atoms with van der Waals surface area (Å²) in [4.78, 5) is 12.1. The number of hydrogen-bond donors (Lipinski definition) is 0. The van der Waals surface area contributed by atoms with E-state index in [0.29, 0.717) is 11.7 Å². The molecule has 0 aromatic rings. The summed E-state index contributed by atoms with van der Waals surface area (Å²) in [6.45, 7) is 4.54. The van der Waals surface area contributed by atoms with Gasteiger partial charge in [0.1, 0.15) is 5.78 Å². The summed E-state index contributed by atoms with van der Waals surface area (Å²) in [7, 11) is 0. The van der Waals surface area contributed by atoms with Gasteiger partial charge in [0, 0.05) is 24.2 Å². The second-order valence-corrected chi connectivity index (χ2v) is 7.29. The Kier molecular flexibility index (Phi) is 3.32. The Balaban J connectivity index is 2.03. The van der Waals surface area contributed by atoms with E-state index in [4.69, 9.17) is 6.42 Å². The van der Waals surface area contributed by atoms with Gasteiger partial charge in [-0.15, -0.1) is 12.3 Å². The summed E-state index contributed by atoms with van der Waals surface area (Å²) in [5.41, 5.74) is 1.90. The summed E-state index contributed by atoms with van der Waals surface area (Å²) in [6.07, 6.45) is 17.9. The highest BCUT2D eigenvalue weighted by Gasteiger charge is 2.55. The van der Waals surface area contributed by atoms with Crippen molar-refractivity contribution in [3.63, 3.8) is 0 Å². The molecule has 0 bridgehead atoms. The maximum Gasteiger partial charge on any atom is 0.136 e. The number of fused-ring (bicyclic) bond motifs is 3. The van der Waals surface area contributed by atoms with Crippen LogP contribution < -0.4 is 0 Å². The van der Waals surface area contributed by atoms with E-state index < -0.39 is 0 Å². The van der Waals surface area contributed by atoms with Crippen molar-refractivity contribution in [2.45, 2.75) is 58.8 Å². The number of ketones is 1. The van der Waals surface area contributed by atoms with Gasteiger partial charge in [-0.2, -0.15) is 0 Å². The zero-order valence-electron chi connectivity index (χ0n) is 12.7. The number of rotatable bonds is 1. The van der Waals surface area contributed by atoms with E-state index in [1.54, 1.807) is 5.57 Å². The second kappa shape index (κ2) is 4.76. The minimum Gasteiger partial charge on any atom is -0.299 e. The van der Waals surface area contributed by atoms with Crippen LogP contribution in [0.15, 0.2) is 11.6 Å². The van der Waals surface area contributed by atoms with Crippen LogP contribution in [0.1, 0.15) is 58.8 Å². The van der Waals surface area contributed by atoms with Crippen LogP contribution in [-0.2, 0) is 4.79 Å². The third kappa shape index (κ3) is 1.80. The summed E-state index contributed by atoms with van der Waals surface area (Å²) in [6, 6.07) is 0. The van der Waals surface area contributed by atoms with Gasteiger partial charge in [-0.3, -0.25) is 4.79 Å². The Morgan fingerprint density at radius 1 is 1.40 bits per heavy atom. The van der Waals surface area contributed by atoms with Crippen LogP contribution in [0.25, 0.3) is 0 Å². The molecule has 0 heterocycles. The fourth-order valence-electron chi connectivity index (χ4n) is 5.33. The first kappa shape index (κ1) is 13.9. The fourth-order valence-corrected chi connectivity index (χ4v) is 5.33. The highest BCUT2D eigenvalue weighted by Crippen LogP contribution is 2.63. The predicted molar refractivity (Wildman–Crippen MR) is 81.7 cm³/mol. The van der Waals surface area contributed by atoms with E-state index in [1.165, 1.54) is 19.3 Å². The monoisotopic (exact) mass is 269 g/mol. The fraction of sp³-hybridized carbons (Fsp3) is 0.684. The highest BCUT2D eigenvalue weighted by atomic mass is 16.1. The van der Waals surface area contributed by atoms with Crippen molar-refractivity contribution >= 4 is 5.78 Å². The maximum atomic E-state index is 12.1. The van der Waals surface area contributed by atoms with Crippen LogP contribution in [0.3, 0.4) is 0 Å². The molecule has 1 radical (unpaired) electrons. The molecule has 4 atom stereocenters. The van der Waals surface area contributed by atoms with Crippen molar-refractivity contribution in [1.82, 2.24) is 0 Å². The number of hydrogen-bond acceptors (Lipinski definition) is 1. The lowest BCUT2D eigenvalue weighted by molar-refractivity contribution is -0.131. The summed E-state index contributed by atoms with van der Waals surface area (Å²) < 4.78 is 0. The van der Waals surface area contributed by atoms with Crippen LogP contribution in [0.2, 0.25) is 0 Å². The maximum absolute atomic E-state index is 12.1. The third-order valence-electron chi connectivity index (χ3n) is 6.41. The lowest BCUT2D eigenvalue weighted by atomic mass is 9.46. The van der Waals surface area contributed by atoms with Gasteiger partial charge in [0.2, 0.25) is 0 Å². The van der Waals surface area contributed by atoms with Crippen molar-refractivity contribution in [3.05, 3.63) is 18.1 Å². The minimum absolute atomic E-state index is 0.137. The van der Waals surface area contributed by atoms with Gasteiger partial charge < -0.3 is 0 Å². The molecule has 3 rings (SSSR count). The Morgan fingerprint density at radius 3 is 2.95 bits per heavy atom. The van der Waals surface area contributed by atoms with Gasteiger partial charge in [0.25, 0.3) is 0 Å². The van der Waals surface area contributed by atoms with Crippen molar-refractivity contribution < 1.29 is 4.79 Å². The smallest absolute Gasteiger partial charge is 0.136 e. The van der Waals surface area contributed by atoms with Crippen molar-refractivity contribution in [3.8, 4) is 12.3 Å². The van der Waals surface area contributed by atoms with Crippen LogP contribution in [-0.4, -0.2) is 5.78 Å². The molecule has 1 heteroatoms. The molecule has 2 saturated carbocycles. The topological polar surface area (TPSA) is 17.1 Å². The summed E-state index contributed by atoms with van der Waals surface area (Å²) in [5.74, 6) is 4.04. The number of allylic oxidation sites excluding steroid dienone is 2. The second-order valence-electron chi connectivity index (χ2n) is 7.29. The molecule has 0 aromatic carbocycles. The van der Waals surface area contributed by atoms with Crippen LogP contribution in [0.5, 0.6) is 0 Å². The quantitative estimate of drug-likeness (QED) is 0.511. The first-order valence-electron chi connectivity index (χ1n) is 8.08. The zero-order chi connectivity index (χ0) is 14.4. The summed E-state index contributed by atoms with van der Waals surface area (Å²) >= 11 is 0. The van der Waals surface area contributed by atoms with Crippen molar-refractivity contribution in [1.29, 1.82) is 0 Å². The molecule has 0 amide bonds. The molecule has 0 N–H and O–H groups in total. The largest absolute Gasteiger partial charge is 0.299 e. The molecule has 2 fully saturated rings. The molecule has 0 aliphatic heterocycles. The SMILES string of the molecule is C#C[CH]C12CCCC=C1C1(C)CCC(=O)[C@H](C)C1CC2. The molecule has 0 aromatic heterocycles. The molecule has 0 saturated heterocycles. The third-order valence-corrected chi connectivity index (χ3v) is 6.41. The van der Waals surface area contributed by atoms with Gasteiger partial charge in [0.05, 0.1) is 0 Å². The number of terminal acetylenes is 1. The van der Waals surface area contributed by atoms with E-state index in [1.807, 2.05) is 0 Å². The molecule has 1 nitrogen and oxygen atoms in total. The average molecular weight is 269 g/mol. The first-order chi connectivity index (χ1) is 9.53. The lowest BCUT2D eigenvalue weighted by Crippen LogP contribution is -2.50. The van der Waals surface area contributed by atoms with Gasteiger partial charge in [-0.25, -0.2) is 0 Å². The van der Waals surface area contributed by atoms with Crippen molar-refractivity contribution in [2.75, 3.05) is 0 Å². The van der Waals surface area contributed by atoms with Gasteiger partial charge >= 0.3 is 0 Å². The van der Waals surface area contributed by atoms with Crippen LogP contribution >= 0.6 is 0 Å². The standard InChI is InChI=1S/C19H25O/c1-4-10-19-11-6-5-7-17(19)18(3)12-9-16(20)14(2)15(18)8-13-19/h1,7,10,14-15H,5-6,8-9,11-13H2,2-3H3/t14-,15?,18?,19?/m1/s1. The van der Waals surface area contributed by atoms with Crippen LogP contribution in [0, 0.1) is 41.4 Å². The van der Waals surface area contributed by atoms with Gasteiger partial charge in [0.15, 0.2) is 0 Å². The molecule has 107 valence electrons. The van der Waals surface area contributed by atoms with Gasteiger partial charge in [-0.05, 0) is 49.9 Å². The molecule has 3 aliphatic carbocycles. The van der Waals surface area contributed by atoms with E-state index in [-0.39, 0.29) is 16.7 Å². The van der Waals surface area contributed by atoms with Crippen LogP contribution in [0.4, 0.5) is 0 Å². The Bertz CT molecular complexity index is 494. The van der Waals surface area contributed by atoms with E-state index in [9.17, 15) is 4.79 Å². The predicted octanol–water partition coefficient (Wildman–Crippen LogP) is 4.34. The normalized spacial score (nSPS) is 44.0. The van der Waals surface area contributed by atoms with E-state index in [2.05, 4.69) is 32.3 Å². The zero-order valence-corrected chi connectivity index (χ0v) is 12.7. The Labute approximate surface area is 123 Å². The lowest BCUT2D eigenvalue weighted by Gasteiger charge is -2.57. The Morgan fingerprint density at radius 2 is 2.20 bits per heavy atom. The van der Waals surface area contributed by atoms with E-state index >= 15 is 0 Å². The summed E-state index contributed by atoms with van der Waals surface area (Å²) in [5, 5.41) is 0. The first-order valence-corrected chi connectivity index (χ1v) is 8.08. The molecule has 3 aliphatic rings. The molecular formula is C19H25O. The molecular weight excluding hydrogens is 244 g/mol. The van der Waals surface area contributed by atoms with Crippen molar-refractivity contribution in [2.24, 2.45) is 22.7 Å². The van der Waals surface area contributed by atoms with Gasteiger partial charge in [-0.1, -0.05) is 25.5 Å². The number of carbonyl (C=O) groups excluding carboxylic acids is 1. The van der Waals surface area contributed by atoms with E-state index in [0.717, 1.165) is 25.7 Å². The molecule has 20 heavy (non-hydrogen) atoms. The Hall–Kier alpha value is -1.03. The molecule has 0 spiro atoms. The molecule has 3 unspecified atom stereocenters. The number of Topliss-reactive ketones (excluding diaryl/α,β-unsaturated/α-hetero) is 1. The minimum atomic E-state index is 0.137. The average Bonchev–Trinajstić information content (AvgIpc) is 2.44.